The first-order valence-corrected chi connectivity index (χ1v) is 11.3. The highest BCUT2D eigenvalue weighted by Gasteiger charge is 2.44. The number of anilines is 1. The molecule has 0 saturated carbocycles. The lowest BCUT2D eigenvalue weighted by Gasteiger charge is -2.50. The van der Waals surface area contributed by atoms with Gasteiger partial charge in [-0.1, -0.05) is 0 Å². The van der Waals surface area contributed by atoms with Gasteiger partial charge in [-0.25, -0.2) is 18.3 Å². The van der Waals surface area contributed by atoms with Crippen molar-refractivity contribution in [2.75, 3.05) is 45.5 Å². The zero-order valence-electron chi connectivity index (χ0n) is 18.5. The van der Waals surface area contributed by atoms with E-state index >= 15 is 4.39 Å². The van der Waals surface area contributed by atoms with Crippen molar-refractivity contribution in [1.82, 2.24) is 34.6 Å². The lowest BCUT2D eigenvalue weighted by Crippen LogP contribution is -2.69. The summed E-state index contributed by atoms with van der Waals surface area (Å²) in [6, 6.07) is -0.956. The summed E-state index contributed by atoms with van der Waals surface area (Å²) in [5.41, 5.74) is 6.12. The Labute approximate surface area is 189 Å². The van der Waals surface area contributed by atoms with Crippen LogP contribution in [0.3, 0.4) is 0 Å². The second kappa shape index (κ2) is 8.49. The van der Waals surface area contributed by atoms with Crippen LogP contribution in [0, 0.1) is 5.82 Å². The number of nitrogens with zero attached hydrogens (tertiary/aromatic N) is 6. The third kappa shape index (κ3) is 4.01. The van der Waals surface area contributed by atoms with Crippen LogP contribution in [-0.4, -0.2) is 105 Å². The molecule has 4 atom stereocenters. The number of amides is 2. The summed E-state index contributed by atoms with van der Waals surface area (Å²) in [5.74, 6) is -1.03. The average Bonchev–Trinajstić information content (AvgIpc) is 3.08. The van der Waals surface area contributed by atoms with E-state index in [1.807, 2.05) is 16.8 Å². The summed E-state index contributed by atoms with van der Waals surface area (Å²) in [6.45, 7) is 2.44. The molecule has 3 saturated heterocycles. The number of nitrogens with one attached hydrogen (secondary N) is 1. The largest absolute Gasteiger partial charge is 0.381 e. The molecule has 3 fully saturated rings. The zero-order valence-corrected chi connectivity index (χ0v) is 18.5. The number of fused-ring (bicyclic) bond motifs is 2. The fourth-order valence-electron chi connectivity index (χ4n) is 5.54. The van der Waals surface area contributed by atoms with Crippen molar-refractivity contribution in [3.05, 3.63) is 23.8 Å². The fraction of sp³-hybridized carbons (Fsp3) is 0.619. The fourth-order valence-corrected chi connectivity index (χ4v) is 5.54. The van der Waals surface area contributed by atoms with Crippen LogP contribution >= 0.6 is 0 Å². The smallest absolute Gasteiger partial charge is 0.259 e. The minimum atomic E-state index is -1.17. The summed E-state index contributed by atoms with van der Waals surface area (Å²) in [4.78, 5) is 35.3. The van der Waals surface area contributed by atoms with Gasteiger partial charge in [-0.05, 0) is 19.9 Å². The summed E-state index contributed by atoms with van der Waals surface area (Å²) < 4.78 is 30.0. The maximum atomic E-state index is 15.4. The van der Waals surface area contributed by atoms with Crippen molar-refractivity contribution in [1.29, 1.82) is 0 Å². The molecule has 2 aromatic rings. The quantitative estimate of drug-likeness (QED) is 0.655. The number of nitrogens with two attached hydrogens (primary N) is 1. The number of hydrogen-bond acceptors (Lipinski definition) is 7. The third-order valence-electron chi connectivity index (χ3n) is 6.97. The molecule has 3 aliphatic heterocycles. The topological polar surface area (TPSA) is 112 Å². The molecule has 10 nitrogen and oxygen atoms in total. The number of nitrogen functional groups attached to an aromatic ring is 1. The van der Waals surface area contributed by atoms with Gasteiger partial charge in [0.05, 0.1) is 24.5 Å². The standard InChI is InChI=1S/C21H28F2N8O2/c1-28-10-14(23)18(29-5-6-30-13(9-29)3-2-4-16(30)32)15(11-28)26-21(33)17-19(24)27-31-8-12(22)7-25-20(17)31/h7-8,13-15,18H,2-6,9-11H2,1H3,(H2,24,27)(H,26,33). The van der Waals surface area contributed by atoms with Crippen LogP contribution in [0.2, 0.25) is 0 Å². The van der Waals surface area contributed by atoms with Gasteiger partial charge in [-0.15, -0.1) is 5.10 Å². The van der Waals surface area contributed by atoms with E-state index in [2.05, 4.69) is 20.3 Å². The summed E-state index contributed by atoms with van der Waals surface area (Å²) in [6.07, 6.45) is 3.25. The predicted octanol–water partition coefficient (Wildman–Crippen LogP) is -0.102. The number of halogens is 2. The highest BCUT2D eigenvalue weighted by Crippen LogP contribution is 2.28. The molecule has 0 spiro atoms. The van der Waals surface area contributed by atoms with E-state index < -0.39 is 30.0 Å². The van der Waals surface area contributed by atoms with E-state index in [4.69, 9.17) is 5.73 Å². The number of piperazine rings is 1. The highest BCUT2D eigenvalue weighted by atomic mass is 19.1. The average molecular weight is 463 g/mol. The van der Waals surface area contributed by atoms with Crippen molar-refractivity contribution < 1.29 is 18.4 Å². The van der Waals surface area contributed by atoms with Gasteiger partial charge >= 0.3 is 0 Å². The molecule has 178 valence electrons. The second-order valence-electron chi connectivity index (χ2n) is 9.24. The van der Waals surface area contributed by atoms with Crippen molar-refractivity contribution >= 4 is 23.3 Å². The second-order valence-corrected chi connectivity index (χ2v) is 9.24. The van der Waals surface area contributed by atoms with Gasteiger partial charge in [0.2, 0.25) is 5.91 Å². The summed E-state index contributed by atoms with van der Waals surface area (Å²) >= 11 is 0. The number of carbonyl (C=O) groups excluding carboxylic acids is 2. The Hall–Kier alpha value is -2.86. The number of aromatic nitrogens is 3. The van der Waals surface area contributed by atoms with Crippen LogP contribution in [-0.2, 0) is 4.79 Å². The Bertz CT molecular complexity index is 1080. The molecule has 3 N–H and O–H groups in total. The lowest BCUT2D eigenvalue weighted by atomic mass is 9.92. The summed E-state index contributed by atoms with van der Waals surface area (Å²) in [7, 11) is 1.81. The Morgan fingerprint density at radius 2 is 2.09 bits per heavy atom. The van der Waals surface area contributed by atoms with Gasteiger partial charge in [0.25, 0.3) is 5.91 Å². The zero-order chi connectivity index (χ0) is 23.3. The van der Waals surface area contributed by atoms with E-state index in [0.29, 0.717) is 32.6 Å². The molecule has 0 aromatic carbocycles. The van der Waals surface area contributed by atoms with Crippen molar-refractivity contribution in [3.63, 3.8) is 0 Å². The van der Waals surface area contributed by atoms with Crippen LogP contribution in [0.4, 0.5) is 14.6 Å². The number of likely N-dealkylation sites (N-methyl/N-ethyl adjacent to an activating group) is 1. The number of likely N-dealkylation sites (tertiary alicyclic amines) is 1. The number of carbonyl (C=O) groups is 2. The molecule has 0 aliphatic carbocycles. The number of hydrogen-bond donors (Lipinski definition) is 2. The first-order chi connectivity index (χ1) is 15.8. The molecular weight excluding hydrogens is 434 g/mol. The van der Waals surface area contributed by atoms with Gasteiger partial charge in [0.1, 0.15) is 11.7 Å². The van der Waals surface area contributed by atoms with Crippen LogP contribution in [0.15, 0.2) is 12.4 Å². The molecule has 3 aliphatic rings. The van der Waals surface area contributed by atoms with Gasteiger partial charge < -0.3 is 20.9 Å². The van der Waals surface area contributed by atoms with Crippen LogP contribution in [0.25, 0.3) is 5.65 Å². The highest BCUT2D eigenvalue weighted by molar-refractivity contribution is 6.04. The van der Waals surface area contributed by atoms with Gasteiger partial charge in [-0.2, -0.15) is 0 Å². The van der Waals surface area contributed by atoms with Crippen LogP contribution < -0.4 is 11.1 Å². The lowest BCUT2D eigenvalue weighted by molar-refractivity contribution is -0.141. The third-order valence-corrected chi connectivity index (χ3v) is 6.97. The van der Waals surface area contributed by atoms with E-state index in [1.54, 1.807) is 0 Å². The molecule has 33 heavy (non-hydrogen) atoms. The Morgan fingerprint density at radius 1 is 1.27 bits per heavy atom. The molecule has 5 heterocycles. The van der Waals surface area contributed by atoms with Crippen LogP contribution in [0.1, 0.15) is 29.6 Å². The minimum absolute atomic E-state index is 0.0417. The first-order valence-electron chi connectivity index (χ1n) is 11.3. The number of alkyl halides is 1. The molecule has 4 unspecified atom stereocenters. The molecular formula is C21H28F2N8O2. The maximum Gasteiger partial charge on any atom is 0.259 e. The molecule has 12 heteroatoms. The van der Waals surface area contributed by atoms with Crippen molar-refractivity contribution in [2.45, 2.75) is 43.6 Å². The van der Waals surface area contributed by atoms with Crippen molar-refractivity contribution in [3.8, 4) is 0 Å². The van der Waals surface area contributed by atoms with E-state index in [0.717, 1.165) is 29.8 Å². The SMILES string of the molecule is CN1CC(F)C(N2CCN3C(=O)CCCC3C2)C(NC(=O)c2c(N)nn3cc(F)cnc23)C1. The predicted molar refractivity (Wildman–Crippen MR) is 116 cm³/mol. The van der Waals surface area contributed by atoms with Crippen molar-refractivity contribution in [2.24, 2.45) is 0 Å². The van der Waals surface area contributed by atoms with E-state index in [-0.39, 0.29) is 35.5 Å². The first kappa shape index (κ1) is 22.0. The summed E-state index contributed by atoms with van der Waals surface area (Å²) in [5, 5.41) is 6.93. The maximum absolute atomic E-state index is 15.4. The number of piperidine rings is 2. The van der Waals surface area contributed by atoms with Gasteiger partial charge in [-0.3, -0.25) is 14.5 Å². The van der Waals surface area contributed by atoms with Gasteiger partial charge in [0, 0.05) is 45.2 Å². The molecule has 2 aromatic heterocycles. The van der Waals surface area contributed by atoms with E-state index in [1.165, 1.54) is 0 Å². The monoisotopic (exact) mass is 462 g/mol. The van der Waals surface area contributed by atoms with Gasteiger partial charge in [0.15, 0.2) is 17.3 Å². The minimum Gasteiger partial charge on any atom is -0.381 e. The Balaban J connectivity index is 1.38. The molecule has 5 rings (SSSR count). The Kier molecular flexibility index (Phi) is 5.65. The number of rotatable bonds is 3. The normalized spacial score (nSPS) is 29.3. The molecule has 0 radical (unpaired) electrons. The molecule has 2 amide bonds. The molecule has 0 bridgehead atoms. The van der Waals surface area contributed by atoms with Crippen LogP contribution in [0.5, 0.6) is 0 Å². The Morgan fingerprint density at radius 3 is 2.91 bits per heavy atom. The van der Waals surface area contributed by atoms with E-state index in [9.17, 15) is 14.0 Å².